The molecular weight excluding hydrogens is 392 g/mol. The summed E-state index contributed by atoms with van der Waals surface area (Å²) < 4.78 is 5.55. The molecule has 0 radical (unpaired) electrons. The van der Waals surface area contributed by atoms with Crippen LogP contribution in [0.2, 0.25) is 0 Å². The number of ether oxygens (including phenoxy) is 1. The minimum atomic E-state index is -0.458. The normalized spacial score (nSPS) is 27.6. The Kier molecular flexibility index (Phi) is 7.26. The van der Waals surface area contributed by atoms with Crippen molar-refractivity contribution in [3.8, 4) is 0 Å². The van der Waals surface area contributed by atoms with Gasteiger partial charge in [-0.25, -0.2) is 4.79 Å². The molecule has 3 N–H and O–H groups in total. The predicted octanol–water partition coefficient (Wildman–Crippen LogP) is 3.12. The molecule has 0 aromatic carbocycles. The molecule has 0 aromatic rings. The molecule has 3 aliphatic rings. The average molecular weight is 437 g/mol. The summed E-state index contributed by atoms with van der Waals surface area (Å²) in [6.07, 6.45) is 6.74. The number of hydrogen-bond donors (Lipinski definition) is 2. The first-order valence-corrected chi connectivity index (χ1v) is 12.3. The zero-order valence-corrected chi connectivity index (χ0v) is 20.3. The van der Waals surface area contributed by atoms with Crippen LogP contribution in [0, 0.1) is 11.3 Å². The first-order chi connectivity index (χ1) is 14.5. The number of nitrogens with two attached hydrogens (primary N) is 1. The van der Waals surface area contributed by atoms with Gasteiger partial charge in [-0.15, -0.1) is 0 Å². The summed E-state index contributed by atoms with van der Waals surface area (Å²) >= 11 is 0. The van der Waals surface area contributed by atoms with E-state index in [1.54, 1.807) is 0 Å². The molecule has 1 spiro atoms. The van der Waals surface area contributed by atoms with Crippen molar-refractivity contribution in [1.82, 2.24) is 15.1 Å². The zero-order valence-electron chi connectivity index (χ0n) is 20.3. The van der Waals surface area contributed by atoms with E-state index in [0.29, 0.717) is 0 Å². The average Bonchev–Trinajstić information content (AvgIpc) is 2.68. The number of hydrogen-bond acceptors (Lipinski definition) is 5. The third-order valence-electron chi connectivity index (χ3n) is 7.93. The Labute approximate surface area is 188 Å². The quantitative estimate of drug-likeness (QED) is 0.707. The van der Waals surface area contributed by atoms with Gasteiger partial charge >= 0.3 is 6.09 Å². The smallest absolute Gasteiger partial charge is 0.410 e. The largest absolute Gasteiger partial charge is 0.444 e. The lowest BCUT2D eigenvalue weighted by atomic mass is 9.61. The Bertz CT molecular complexity index is 644. The molecule has 7 nitrogen and oxygen atoms in total. The van der Waals surface area contributed by atoms with Crippen molar-refractivity contribution in [2.75, 3.05) is 32.7 Å². The van der Waals surface area contributed by atoms with E-state index in [1.807, 2.05) is 25.7 Å². The van der Waals surface area contributed by atoms with E-state index >= 15 is 0 Å². The summed E-state index contributed by atoms with van der Waals surface area (Å²) in [6.45, 7) is 14.5. The highest BCUT2D eigenvalue weighted by atomic mass is 16.6. The number of nitrogens with one attached hydrogen (secondary N) is 1. The molecule has 1 unspecified atom stereocenters. The Morgan fingerprint density at radius 1 is 1.16 bits per heavy atom. The first kappa shape index (κ1) is 24.3. The highest BCUT2D eigenvalue weighted by Gasteiger charge is 2.51. The maximum Gasteiger partial charge on any atom is 0.410 e. The lowest BCUT2D eigenvalue weighted by molar-refractivity contribution is -0.138. The Morgan fingerprint density at radius 2 is 1.77 bits per heavy atom. The Balaban J connectivity index is 1.60. The van der Waals surface area contributed by atoms with Crippen molar-refractivity contribution >= 4 is 12.0 Å². The lowest BCUT2D eigenvalue weighted by Crippen LogP contribution is -2.62. The highest BCUT2D eigenvalue weighted by Crippen LogP contribution is 2.47. The maximum atomic E-state index is 12.8. The lowest BCUT2D eigenvalue weighted by Gasteiger charge is -2.55. The van der Waals surface area contributed by atoms with Crippen LogP contribution in [-0.2, 0) is 9.53 Å². The van der Waals surface area contributed by atoms with Gasteiger partial charge in [0.2, 0.25) is 5.91 Å². The number of rotatable bonds is 4. The predicted molar refractivity (Wildman–Crippen MR) is 123 cm³/mol. The van der Waals surface area contributed by atoms with Crippen LogP contribution in [0.5, 0.6) is 0 Å². The fourth-order valence-corrected chi connectivity index (χ4v) is 5.99. The molecule has 178 valence electrons. The SMILES string of the molecule is CCCC(N)[C@@H]1C(=O)NCCC12CCN(C1(C)CCN(C(=O)OC(C)(C)C)CC1)CC2. The third-order valence-corrected chi connectivity index (χ3v) is 7.93. The van der Waals surface area contributed by atoms with E-state index in [-0.39, 0.29) is 34.9 Å². The molecule has 0 aliphatic carbocycles. The topological polar surface area (TPSA) is 87.9 Å². The molecule has 31 heavy (non-hydrogen) atoms. The Morgan fingerprint density at radius 3 is 2.32 bits per heavy atom. The summed E-state index contributed by atoms with van der Waals surface area (Å²) in [6, 6.07) is -0.0514. The molecule has 0 aromatic heterocycles. The molecule has 3 aliphatic heterocycles. The molecule has 3 saturated heterocycles. The van der Waals surface area contributed by atoms with Gasteiger partial charge in [-0.05, 0) is 84.7 Å². The molecule has 0 saturated carbocycles. The van der Waals surface area contributed by atoms with Crippen LogP contribution in [0.15, 0.2) is 0 Å². The van der Waals surface area contributed by atoms with Crippen LogP contribution in [0.1, 0.15) is 79.6 Å². The van der Waals surface area contributed by atoms with Gasteiger partial charge in [0.1, 0.15) is 5.60 Å². The summed E-state index contributed by atoms with van der Waals surface area (Å²) in [5, 5.41) is 3.07. The fourth-order valence-electron chi connectivity index (χ4n) is 5.99. The molecule has 7 heteroatoms. The standard InChI is InChI=1S/C24H44N4O3/c1-6-7-18(25)19-20(29)26-13-8-24(19)11-16-28(17-12-24)23(5)9-14-27(15-10-23)21(30)31-22(2,3)4/h18-19H,6-17,25H2,1-5H3,(H,26,29)/t18?,19-/m1/s1. The number of amides is 2. The number of likely N-dealkylation sites (tertiary alicyclic amines) is 2. The summed E-state index contributed by atoms with van der Waals surface area (Å²) in [5.41, 5.74) is 6.20. The second-order valence-electron chi connectivity index (χ2n) is 11.3. The van der Waals surface area contributed by atoms with E-state index in [1.165, 1.54) is 0 Å². The van der Waals surface area contributed by atoms with Crippen LogP contribution in [-0.4, -0.2) is 71.7 Å². The van der Waals surface area contributed by atoms with Crippen LogP contribution < -0.4 is 11.1 Å². The van der Waals surface area contributed by atoms with Gasteiger partial charge in [0.15, 0.2) is 0 Å². The summed E-state index contributed by atoms with van der Waals surface area (Å²) in [5.74, 6) is 0.0997. The van der Waals surface area contributed by atoms with Crippen molar-refractivity contribution in [3.63, 3.8) is 0 Å². The van der Waals surface area contributed by atoms with Crippen molar-refractivity contribution < 1.29 is 14.3 Å². The van der Waals surface area contributed by atoms with E-state index < -0.39 is 5.60 Å². The highest BCUT2D eigenvalue weighted by molar-refractivity contribution is 5.81. The van der Waals surface area contributed by atoms with Gasteiger partial charge in [-0.2, -0.15) is 0 Å². The second-order valence-corrected chi connectivity index (χ2v) is 11.3. The summed E-state index contributed by atoms with van der Waals surface area (Å²) in [7, 11) is 0. The minimum Gasteiger partial charge on any atom is -0.444 e. The minimum absolute atomic E-state index is 0.0427. The second kappa shape index (κ2) is 9.26. The van der Waals surface area contributed by atoms with Crippen molar-refractivity contribution in [2.45, 2.75) is 96.7 Å². The third kappa shape index (κ3) is 5.36. The Hall–Kier alpha value is -1.34. The molecule has 3 heterocycles. The number of nitrogens with zero attached hydrogens (tertiary/aromatic N) is 2. The maximum absolute atomic E-state index is 12.8. The molecular formula is C24H44N4O3. The number of carbonyl (C=O) groups is 2. The van der Waals surface area contributed by atoms with Gasteiger partial charge in [0, 0.05) is 31.2 Å². The monoisotopic (exact) mass is 436 g/mol. The number of piperidine rings is 3. The van der Waals surface area contributed by atoms with Gasteiger partial charge < -0.3 is 20.7 Å². The van der Waals surface area contributed by atoms with E-state index in [9.17, 15) is 9.59 Å². The van der Waals surface area contributed by atoms with E-state index in [2.05, 4.69) is 24.1 Å². The molecule has 2 atom stereocenters. The van der Waals surface area contributed by atoms with Gasteiger partial charge in [-0.1, -0.05) is 13.3 Å². The van der Waals surface area contributed by atoms with Gasteiger partial charge in [0.25, 0.3) is 0 Å². The van der Waals surface area contributed by atoms with Crippen LogP contribution in [0.3, 0.4) is 0 Å². The van der Waals surface area contributed by atoms with Gasteiger partial charge in [-0.3, -0.25) is 9.69 Å². The van der Waals surface area contributed by atoms with Crippen LogP contribution >= 0.6 is 0 Å². The molecule has 2 amide bonds. The van der Waals surface area contributed by atoms with Crippen molar-refractivity contribution in [1.29, 1.82) is 0 Å². The van der Waals surface area contributed by atoms with Crippen LogP contribution in [0.25, 0.3) is 0 Å². The van der Waals surface area contributed by atoms with Crippen molar-refractivity contribution in [2.24, 2.45) is 17.1 Å². The summed E-state index contributed by atoms with van der Waals surface area (Å²) in [4.78, 5) is 29.7. The van der Waals surface area contributed by atoms with E-state index in [0.717, 1.165) is 77.7 Å². The molecule has 0 bridgehead atoms. The fraction of sp³-hybridized carbons (Fsp3) is 0.917. The van der Waals surface area contributed by atoms with Crippen molar-refractivity contribution in [3.05, 3.63) is 0 Å². The van der Waals surface area contributed by atoms with Crippen LogP contribution in [0.4, 0.5) is 4.79 Å². The van der Waals surface area contributed by atoms with Gasteiger partial charge in [0.05, 0.1) is 5.92 Å². The zero-order chi connectivity index (χ0) is 22.9. The number of carbonyl (C=O) groups excluding carboxylic acids is 2. The molecule has 3 rings (SSSR count). The molecule has 3 fully saturated rings. The van der Waals surface area contributed by atoms with E-state index in [4.69, 9.17) is 10.5 Å². The first-order valence-electron chi connectivity index (χ1n) is 12.3.